The molecule has 5 aromatic carbocycles. The van der Waals surface area contributed by atoms with E-state index >= 15 is 0 Å². The quantitative estimate of drug-likeness (QED) is 0.179. The summed E-state index contributed by atoms with van der Waals surface area (Å²) in [6, 6.07) is 35.2. The van der Waals surface area contributed by atoms with Crippen molar-refractivity contribution in [2.24, 2.45) is 0 Å². The number of pyridine rings is 2. The second-order valence-electron chi connectivity index (χ2n) is 11.3. The van der Waals surface area contributed by atoms with Crippen molar-refractivity contribution in [1.82, 2.24) is 19.9 Å². The lowest BCUT2D eigenvalue weighted by Gasteiger charge is -2.19. The molecule has 0 aliphatic carbocycles. The van der Waals surface area contributed by atoms with E-state index in [1.807, 2.05) is 35.8 Å². The first kappa shape index (κ1) is 26.8. The van der Waals surface area contributed by atoms with Crippen LogP contribution in [0, 0.1) is 0 Å². The Bertz CT molecular complexity index is 2530. The molecular weight excluding hydrogens is 601 g/mol. The van der Waals surface area contributed by atoms with E-state index in [0.29, 0.717) is 0 Å². The van der Waals surface area contributed by atoms with Crippen LogP contribution in [-0.2, 0) is 0 Å². The summed E-state index contributed by atoms with van der Waals surface area (Å²) in [5.41, 5.74) is 14.4. The van der Waals surface area contributed by atoms with Gasteiger partial charge in [0.2, 0.25) is 0 Å². The van der Waals surface area contributed by atoms with Crippen molar-refractivity contribution in [3.05, 3.63) is 144 Å². The summed E-state index contributed by atoms with van der Waals surface area (Å²) in [4.78, 5) is 18.6. The van der Waals surface area contributed by atoms with E-state index < -0.39 is 0 Å². The molecule has 0 bridgehead atoms. The van der Waals surface area contributed by atoms with Crippen LogP contribution in [0.4, 0.5) is 0 Å². The summed E-state index contributed by atoms with van der Waals surface area (Å²) < 4.78 is 0. The minimum atomic E-state index is 0.936. The third-order valence-corrected chi connectivity index (χ3v) is 9.81. The monoisotopic (exact) mass is 624 g/mol. The molecule has 9 rings (SSSR count). The summed E-state index contributed by atoms with van der Waals surface area (Å²) in [6.45, 7) is 0. The molecule has 46 heavy (non-hydrogen) atoms. The summed E-state index contributed by atoms with van der Waals surface area (Å²) in [7, 11) is 0. The second kappa shape index (κ2) is 11.1. The van der Waals surface area contributed by atoms with Crippen molar-refractivity contribution in [3.8, 4) is 55.9 Å². The molecule has 216 valence electrons. The molecule has 6 heteroatoms. The maximum Gasteiger partial charge on any atom is 0.0826 e. The Morgan fingerprint density at radius 1 is 0.413 bits per heavy atom. The second-order valence-corrected chi connectivity index (χ2v) is 12.7. The molecule has 0 unspecified atom stereocenters. The molecule has 0 aliphatic rings. The van der Waals surface area contributed by atoms with E-state index in [9.17, 15) is 0 Å². The molecule has 0 saturated carbocycles. The maximum atomic E-state index is 4.72. The lowest BCUT2D eigenvalue weighted by atomic mass is 9.84. The highest BCUT2D eigenvalue weighted by Crippen LogP contribution is 2.46. The van der Waals surface area contributed by atoms with Gasteiger partial charge in [0.25, 0.3) is 0 Å². The number of rotatable bonds is 5. The molecule has 0 fully saturated rings. The summed E-state index contributed by atoms with van der Waals surface area (Å²) in [6.07, 6.45) is 7.74. The van der Waals surface area contributed by atoms with Gasteiger partial charge in [0.1, 0.15) is 0 Å². The van der Waals surface area contributed by atoms with Crippen molar-refractivity contribution in [3.63, 3.8) is 0 Å². The molecule has 0 N–H and O–H groups in total. The Labute approximate surface area is 273 Å². The molecule has 4 heterocycles. The van der Waals surface area contributed by atoms with Crippen LogP contribution < -0.4 is 0 Å². The van der Waals surface area contributed by atoms with Gasteiger partial charge in [0, 0.05) is 57.8 Å². The van der Waals surface area contributed by atoms with Gasteiger partial charge in [-0.05, 0) is 72.8 Å². The third-order valence-electron chi connectivity index (χ3n) is 8.63. The van der Waals surface area contributed by atoms with Gasteiger partial charge in [-0.1, -0.05) is 78.9 Å². The van der Waals surface area contributed by atoms with E-state index in [4.69, 9.17) is 9.97 Å². The molecular formula is C40H24N4S2. The van der Waals surface area contributed by atoms with Crippen LogP contribution in [0.5, 0.6) is 0 Å². The SMILES string of the molecule is c1ccc2c(-c3ccc4c(-c5cncc(-c6cscn6)c5)c5ccccc5c(-c5cncc(-c6cscn6)c5)c4c3)cccc2c1. The van der Waals surface area contributed by atoms with Crippen LogP contribution in [0.2, 0.25) is 0 Å². The standard InChI is InChI=1S/C40H24N4S2/c1-2-8-31-25(6-1)7-5-11-32(31)26-12-13-35-36(16-26)40(30-15-28(18-42-20-30)38-22-46-24-44-38)34-10-4-3-9-33(34)39(35)29-14-27(17-41-19-29)37-21-45-23-43-37/h1-24H. The van der Waals surface area contributed by atoms with Gasteiger partial charge < -0.3 is 0 Å². The zero-order chi connectivity index (χ0) is 30.5. The highest BCUT2D eigenvalue weighted by Gasteiger charge is 2.19. The molecule has 0 saturated heterocycles. The maximum absolute atomic E-state index is 4.72. The molecule has 4 nitrogen and oxygen atoms in total. The van der Waals surface area contributed by atoms with Gasteiger partial charge in [-0.2, -0.15) is 0 Å². The lowest BCUT2D eigenvalue weighted by Crippen LogP contribution is -1.94. The Morgan fingerprint density at radius 3 is 1.59 bits per heavy atom. The number of hydrogen-bond donors (Lipinski definition) is 0. The van der Waals surface area contributed by atoms with Crippen LogP contribution in [0.25, 0.3) is 88.2 Å². The fraction of sp³-hybridized carbons (Fsp3) is 0. The first-order valence-corrected chi connectivity index (χ1v) is 16.8. The van der Waals surface area contributed by atoms with E-state index in [0.717, 1.165) is 60.9 Å². The zero-order valence-corrected chi connectivity index (χ0v) is 26.1. The number of benzene rings is 5. The highest BCUT2D eigenvalue weighted by molar-refractivity contribution is 7.08. The van der Waals surface area contributed by atoms with Crippen LogP contribution in [-0.4, -0.2) is 19.9 Å². The van der Waals surface area contributed by atoms with E-state index in [2.05, 4.69) is 118 Å². The number of fused-ring (bicyclic) bond motifs is 3. The van der Waals surface area contributed by atoms with Crippen molar-refractivity contribution in [1.29, 1.82) is 0 Å². The fourth-order valence-corrected chi connectivity index (χ4v) is 7.71. The minimum Gasteiger partial charge on any atom is -0.263 e. The normalized spacial score (nSPS) is 11.5. The smallest absolute Gasteiger partial charge is 0.0826 e. The third kappa shape index (κ3) is 4.50. The number of aromatic nitrogens is 4. The highest BCUT2D eigenvalue weighted by atomic mass is 32.1. The van der Waals surface area contributed by atoms with Crippen molar-refractivity contribution in [2.75, 3.05) is 0 Å². The average molecular weight is 625 g/mol. The number of hydrogen-bond acceptors (Lipinski definition) is 6. The molecule has 0 aliphatic heterocycles. The van der Waals surface area contributed by atoms with Gasteiger partial charge in [-0.15, -0.1) is 22.7 Å². The van der Waals surface area contributed by atoms with E-state index in [-0.39, 0.29) is 0 Å². The predicted octanol–water partition coefficient (Wildman–Crippen LogP) is 11.2. The van der Waals surface area contributed by atoms with Gasteiger partial charge in [0.15, 0.2) is 0 Å². The fourth-order valence-electron chi connectivity index (χ4n) is 6.59. The average Bonchev–Trinajstić information content (AvgIpc) is 3.86. The largest absolute Gasteiger partial charge is 0.263 e. The van der Waals surface area contributed by atoms with Crippen molar-refractivity contribution >= 4 is 55.0 Å². The van der Waals surface area contributed by atoms with Crippen LogP contribution in [0.1, 0.15) is 0 Å². The van der Waals surface area contributed by atoms with Gasteiger partial charge >= 0.3 is 0 Å². The molecule has 0 amide bonds. The Kier molecular flexibility index (Phi) is 6.47. The van der Waals surface area contributed by atoms with Crippen LogP contribution >= 0.6 is 22.7 Å². The summed E-state index contributed by atoms with van der Waals surface area (Å²) >= 11 is 3.19. The Morgan fingerprint density at radius 2 is 0.957 bits per heavy atom. The topological polar surface area (TPSA) is 51.6 Å². The Hall–Kier alpha value is -5.56. The zero-order valence-electron chi connectivity index (χ0n) is 24.5. The Balaban J connectivity index is 1.38. The van der Waals surface area contributed by atoms with Gasteiger partial charge in [0.05, 0.1) is 22.4 Å². The predicted molar refractivity (Wildman–Crippen MR) is 193 cm³/mol. The minimum absolute atomic E-state index is 0.936. The van der Waals surface area contributed by atoms with Gasteiger partial charge in [-0.25, -0.2) is 9.97 Å². The number of thiazole rings is 2. The first-order valence-electron chi connectivity index (χ1n) is 15.0. The molecule has 0 atom stereocenters. The van der Waals surface area contributed by atoms with Crippen LogP contribution in [0.3, 0.4) is 0 Å². The first-order chi connectivity index (χ1) is 22.8. The van der Waals surface area contributed by atoms with Gasteiger partial charge in [-0.3, -0.25) is 9.97 Å². The van der Waals surface area contributed by atoms with Crippen molar-refractivity contribution in [2.45, 2.75) is 0 Å². The summed E-state index contributed by atoms with van der Waals surface area (Å²) in [5, 5.41) is 11.3. The molecule has 4 aromatic heterocycles. The molecule has 0 radical (unpaired) electrons. The van der Waals surface area contributed by atoms with Crippen molar-refractivity contribution < 1.29 is 0 Å². The van der Waals surface area contributed by atoms with E-state index in [1.54, 1.807) is 22.7 Å². The van der Waals surface area contributed by atoms with Crippen LogP contribution in [0.15, 0.2) is 144 Å². The lowest BCUT2D eigenvalue weighted by molar-refractivity contribution is 1.31. The molecule has 9 aromatic rings. The van der Waals surface area contributed by atoms with E-state index in [1.165, 1.54) is 27.3 Å². The molecule has 0 spiro atoms. The number of nitrogens with zero attached hydrogens (tertiary/aromatic N) is 4. The summed E-state index contributed by atoms with van der Waals surface area (Å²) in [5.74, 6) is 0.